The Bertz CT molecular complexity index is 471. The lowest BCUT2D eigenvalue weighted by Gasteiger charge is -2.23. The van der Waals surface area contributed by atoms with Gasteiger partial charge >= 0.3 is 0 Å². The first-order chi connectivity index (χ1) is 7.28. The molecular formula is C9H15N3O3S. The van der Waals surface area contributed by atoms with E-state index in [4.69, 9.17) is 10.8 Å². The highest BCUT2D eigenvalue weighted by Crippen LogP contribution is 2.16. The van der Waals surface area contributed by atoms with E-state index in [0.717, 1.165) is 0 Å². The first-order valence-corrected chi connectivity index (χ1v) is 6.12. The molecule has 0 aromatic carbocycles. The maximum Gasteiger partial charge on any atom is 0.244 e. The molecule has 0 aliphatic rings. The number of aliphatic hydroxyl groups excluding tert-OH is 1. The molecule has 1 aromatic rings. The topological polar surface area (TPSA) is 105 Å². The summed E-state index contributed by atoms with van der Waals surface area (Å²) in [4.78, 5) is 3.61. The van der Waals surface area contributed by atoms with Crippen molar-refractivity contribution in [1.29, 1.82) is 0 Å². The van der Waals surface area contributed by atoms with Crippen LogP contribution in [0.15, 0.2) is 23.2 Å². The largest absolute Gasteiger partial charge is 0.394 e. The van der Waals surface area contributed by atoms with E-state index >= 15 is 0 Å². The van der Waals surface area contributed by atoms with E-state index in [1.54, 1.807) is 13.8 Å². The standard InChI is InChI=1S/C9H15N3O3S/c1-9(2,6-13)12-16(14,15)7-4-3-5-11-8(7)10/h3-5,12-13H,6H2,1-2H3,(H2,10,11). The van der Waals surface area contributed by atoms with Crippen LogP contribution in [0.3, 0.4) is 0 Å². The Balaban J connectivity index is 3.09. The van der Waals surface area contributed by atoms with E-state index in [-0.39, 0.29) is 17.3 Å². The molecule has 1 rings (SSSR count). The number of hydrogen-bond donors (Lipinski definition) is 3. The molecule has 0 amide bonds. The highest BCUT2D eigenvalue weighted by molar-refractivity contribution is 7.89. The molecule has 0 fully saturated rings. The van der Waals surface area contributed by atoms with Crippen molar-refractivity contribution in [3.05, 3.63) is 18.3 Å². The van der Waals surface area contributed by atoms with E-state index in [2.05, 4.69) is 9.71 Å². The number of aromatic nitrogens is 1. The average molecular weight is 245 g/mol. The normalized spacial score (nSPS) is 12.7. The van der Waals surface area contributed by atoms with E-state index in [0.29, 0.717) is 0 Å². The number of pyridine rings is 1. The lowest BCUT2D eigenvalue weighted by Crippen LogP contribution is -2.46. The van der Waals surface area contributed by atoms with Gasteiger partial charge in [0.2, 0.25) is 10.0 Å². The van der Waals surface area contributed by atoms with Gasteiger partial charge in [-0.05, 0) is 26.0 Å². The first-order valence-electron chi connectivity index (χ1n) is 4.64. The number of nitrogen functional groups attached to an aromatic ring is 1. The minimum Gasteiger partial charge on any atom is -0.394 e. The predicted octanol–water partition coefficient (Wildman–Crippen LogP) is -0.287. The number of nitrogens with two attached hydrogens (primary N) is 1. The highest BCUT2D eigenvalue weighted by Gasteiger charge is 2.27. The fraction of sp³-hybridized carbons (Fsp3) is 0.444. The summed E-state index contributed by atoms with van der Waals surface area (Å²) in [5, 5.41) is 9.00. The van der Waals surface area contributed by atoms with Crippen molar-refractivity contribution in [2.75, 3.05) is 12.3 Å². The maximum atomic E-state index is 11.9. The molecule has 0 saturated heterocycles. The van der Waals surface area contributed by atoms with Gasteiger partial charge in [0.1, 0.15) is 10.7 Å². The van der Waals surface area contributed by atoms with Crippen molar-refractivity contribution in [3.8, 4) is 0 Å². The van der Waals surface area contributed by atoms with Gasteiger partial charge < -0.3 is 10.8 Å². The van der Waals surface area contributed by atoms with Crippen LogP contribution in [0.1, 0.15) is 13.8 Å². The summed E-state index contributed by atoms with van der Waals surface area (Å²) in [5.74, 6) is -0.0660. The lowest BCUT2D eigenvalue weighted by atomic mass is 10.1. The first kappa shape index (κ1) is 12.9. The van der Waals surface area contributed by atoms with Crippen molar-refractivity contribution >= 4 is 15.8 Å². The zero-order valence-corrected chi connectivity index (χ0v) is 9.95. The van der Waals surface area contributed by atoms with Crippen LogP contribution >= 0.6 is 0 Å². The van der Waals surface area contributed by atoms with Crippen LogP contribution in [0.5, 0.6) is 0 Å². The van der Waals surface area contributed by atoms with Gasteiger partial charge in [0.15, 0.2) is 0 Å². The van der Waals surface area contributed by atoms with Crippen LogP contribution in [-0.2, 0) is 10.0 Å². The molecule has 0 saturated carbocycles. The van der Waals surface area contributed by atoms with Crippen LogP contribution < -0.4 is 10.5 Å². The summed E-state index contributed by atoms with van der Waals surface area (Å²) in [6.45, 7) is 2.82. The third kappa shape index (κ3) is 2.91. The number of aliphatic hydroxyl groups is 1. The molecule has 0 atom stereocenters. The Labute approximate surface area is 94.6 Å². The van der Waals surface area contributed by atoms with Gasteiger partial charge in [-0.3, -0.25) is 0 Å². The van der Waals surface area contributed by atoms with Gasteiger partial charge in [-0.1, -0.05) is 0 Å². The number of sulfonamides is 1. The van der Waals surface area contributed by atoms with Gasteiger partial charge in [0.25, 0.3) is 0 Å². The fourth-order valence-corrected chi connectivity index (χ4v) is 2.57. The second-order valence-corrected chi connectivity index (χ2v) is 5.69. The SMILES string of the molecule is CC(C)(CO)NS(=O)(=O)c1cccnc1N. The number of rotatable bonds is 4. The minimum atomic E-state index is -3.76. The lowest BCUT2D eigenvalue weighted by molar-refractivity contribution is 0.208. The number of hydrogen-bond acceptors (Lipinski definition) is 5. The van der Waals surface area contributed by atoms with Crippen molar-refractivity contribution in [2.24, 2.45) is 0 Å². The number of anilines is 1. The molecule has 7 heteroatoms. The molecular weight excluding hydrogens is 230 g/mol. The fourth-order valence-electron chi connectivity index (χ4n) is 1.08. The van der Waals surface area contributed by atoms with Crippen molar-refractivity contribution in [2.45, 2.75) is 24.3 Å². The molecule has 1 heterocycles. The Morgan fingerprint density at radius 2 is 2.19 bits per heavy atom. The van der Waals surface area contributed by atoms with Crippen LogP contribution in [0.25, 0.3) is 0 Å². The van der Waals surface area contributed by atoms with E-state index in [1.165, 1.54) is 18.3 Å². The molecule has 0 bridgehead atoms. The highest BCUT2D eigenvalue weighted by atomic mass is 32.2. The maximum absolute atomic E-state index is 11.9. The monoisotopic (exact) mass is 245 g/mol. The Morgan fingerprint density at radius 3 is 2.69 bits per heavy atom. The molecule has 0 unspecified atom stereocenters. The molecule has 0 radical (unpaired) electrons. The van der Waals surface area contributed by atoms with Gasteiger partial charge in [0.05, 0.1) is 12.1 Å². The van der Waals surface area contributed by atoms with Crippen molar-refractivity contribution < 1.29 is 13.5 Å². The molecule has 16 heavy (non-hydrogen) atoms. The Morgan fingerprint density at radius 1 is 1.56 bits per heavy atom. The number of nitrogens with one attached hydrogen (secondary N) is 1. The molecule has 90 valence electrons. The zero-order chi connectivity index (χ0) is 12.4. The molecule has 0 aliphatic heterocycles. The minimum absolute atomic E-state index is 0.0660. The molecule has 1 aromatic heterocycles. The molecule has 4 N–H and O–H groups in total. The summed E-state index contributed by atoms with van der Waals surface area (Å²) < 4.78 is 26.1. The second kappa shape index (κ2) is 4.36. The summed E-state index contributed by atoms with van der Waals surface area (Å²) in [6, 6.07) is 2.84. The van der Waals surface area contributed by atoms with E-state index in [9.17, 15) is 8.42 Å². The molecule has 0 spiro atoms. The van der Waals surface area contributed by atoms with Gasteiger partial charge in [-0.15, -0.1) is 0 Å². The molecule has 6 nitrogen and oxygen atoms in total. The van der Waals surface area contributed by atoms with Crippen LogP contribution in [0.2, 0.25) is 0 Å². The summed E-state index contributed by atoms with van der Waals surface area (Å²) >= 11 is 0. The van der Waals surface area contributed by atoms with Gasteiger partial charge in [-0.2, -0.15) is 0 Å². The smallest absolute Gasteiger partial charge is 0.244 e. The summed E-state index contributed by atoms with van der Waals surface area (Å²) in [5.41, 5.74) is 4.53. The van der Waals surface area contributed by atoms with Crippen LogP contribution in [0, 0.1) is 0 Å². The van der Waals surface area contributed by atoms with Crippen LogP contribution in [-0.4, -0.2) is 30.7 Å². The predicted molar refractivity (Wildman–Crippen MR) is 60.1 cm³/mol. The number of nitrogens with zero attached hydrogens (tertiary/aromatic N) is 1. The molecule has 0 aliphatic carbocycles. The van der Waals surface area contributed by atoms with Gasteiger partial charge in [-0.25, -0.2) is 18.1 Å². The quantitative estimate of drug-likeness (QED) is 0.676. The van der Waals surface area contributed by atoms with E-state index in [1.807, 2.05) is 0 Å². The third-order valence-corrected chi connectivity index (χ3v) is 3.64. The van der Waals surface area contributed by atoms with Gasteiger partial charge in [0, 0.05) is 6.20 Å². The Kier molecular flexibility index (Phi) is 3.51. The van der Waals surface area contributed by atoms with Crippen molar-refractivity contribution in [3.63, 3.8) is 0 Å². The summed E-state index contributed by atoms with van der Waals surface area (Å²) in [7, 11) is -3.76. The van der Waals surface area contributed by atoms with E-state index < -0.39 is 15.6 Å². The van der Waals surface area contributed by atoms with Crippen LogP contribution in [0.4, 0.5) is 5.82 Å². The second-order valence-electron chi connectivity index (χ2n) is 4.03. The third-order valence-electron chi connectivity index (χ3n) is 1.90. The summed E-state index contributed by atoms with van der Waals surface area (Å²) in [6.07, 6.45) is 1.41. The Hall–Kier alpha value is -1.18. The van der Waals surface area contributed by atoms with Crippen molar-refractivity contribution in [1.82, 2.24) is 9.71 Å². The zero-order valence-electron chi connectivity index (χ0n) is 9.14. The average Bonchev–Trinajstić information content (AvgIpc) is 2.16.